The van der Waals surface area contributed by atoms with E-state index in [1.54, 1.807) is 0 Å². The Morgan fingerprint density at radius 3 is 2.20 bits per heavy atom. The molecule has 1 aromatic carbocycles. The molecule has 0 aromatic heterocycles. The van der Waals surface area contributed by atoms with Crippen LogP contribution >= 0.6 is 0 Å². The Balaban J connectivity index is 1.45. The van der Waals surface area contributed by atoms with Gasteiger partial charge in [0.15, 0.2) is 0 Å². The second-order valence-electron chi connectivity index (χ2n) is 6.33. The van der Waals surface area contributed by atoms with Crippen molar-refractivity contribution in [2.24, 2.45) is 0 Å². The smallest absolute Gasteiger partial charge is 0.0233 e. The molecule has 0 N–H and O–H groups in total. The fraction of sp³-hybridized carbons (Fsp3) is 0.647. The largest absolute Gasteiger partial charge is 0.304 e. The van der Waals surface area contributed by atoms with E-state index in [1.165, 1.54) is 57.7 Å². The van der Waals surface area contributed by atoms with E-state index < -0.39 is 0 Å². The van der Waals surface area contributed by atoms with E-state index in [-0.39, 0.29) is 0 Å². The lowest BCUT2D eigenvalue weighted by Crippen LogP contribution is -2.52. The quantitative estimate of drug-likeness (QED) is 0.833. The Labute approximate surface area is 123 Å². The standard InChI is InChI=1S/C17H27N3/c1-18-11-13-20(14-12-18)17-7-9-19(10-8-17)15-16-5-3-2-4-6-16/h2-6,17H,7-15H2,1H3. The molecule has 2 fully saturated rings. The molecular weight excluding hydrogens is 246 g/mol. The molecule has 2 saturated heterocycles. The Morgan fingerprint density at radius 1 is 0.900 bits per heavy atom. The summed E-state index contributed by atoms with van der Waals surface area (Å²) in [7, 11) is 2.24. The van der Waals surface area contributed by atoms with Crippen LogP contribution in [0.4, 0.5) is 0 Å². The maximum Gasteiger partial charge on any atom is 0.0233 e. The van der Waals surface area contributed by atoms with Crippen LogP contribution in [0, 0.1) is 0 Å². The van der Waals surface area contributed by atoms with Crippen LogP contribution in [-0.2, 0) is 6.54 Å². The summed E-state index contributed by atoms with van der Waals surface area (Å²) in [5, 5.41) is 0. The Bertz CT molecular complexity index is 390. The molecule has 3 rings (SSSR count). The van der Waals surface area contributed by atoms with Gasteiger partial charge in [0.05, 0.1) is 0 Å². The Hall–Kier alpha value is -0.900. The van der Waals surface area contributed by atoms with Crippen LogP contribution in [0.5, 0.6) is 0 Å². The molecule has 0 atom stereocenters. The van der Waals surface area contributed by atoms with Gasteiger partial charge in [-0.1, -0.05) is 30.3 Å². The van der Waals surface area contributed by atoms with Crippen molar-refractivity contribution in [3.8, 4) is 0 Å². The fourth-order valence-corrected chi connectivity index (χ4v) is 3.47. The minimum absolute atomic E-state index is 0.829. The maximum atomic E-state index is 2.72. The maximum absolute atomic E-state index is 2.72. The van der Waals surface area contributed by atoms with E-state index in [0.717, 1.165) is 12.6 Å². The van der Waals surface area contributed by atoms with Gasteiger partial charge in [-0.3, -0.25) is 9.80 Å². The first-order chi connectivity index (χ1) is 9.81. The Kier molecular flexibility index (Phi) is 4.71. The molecule has 0 spiro atoms. The summed E-state index contributed by atoms with van der Waals surface area (Å²) in [5.41, 5.74) is 1.45. The van der Waals surface area contributed by atoms with E-state index in [0.29, 0.717) is 0 Å². The molecular formula is C17H27N3. The number of benzene rings is 1. The number of piperidine rings is 1. The highest BCUT2D eigenvalue weighted by atomic mass is 15.3. The molecule has 0 unspecified atom stereocenters. The van der Waals surface area contributed by atoms with E-state index in [1.807, 2.05) is 0 Å². The van der Waals surface area contributed by atoms with Crippen molar-refractivity contribution in [2.45, 2.75) is 25.4 Å². The average Bonchev–Trinajstić information content (AvgIpc) is 2.50. The summed E-state index contributed by atoms with van der Waals surface area (Å²) in [6, 6.07) is 11.7. The number of nitrogens with zero attached hydrogens (tertiary/aromatic N) is 3. The predicted octanol–water partition coefficient (Wildman–Crippen LogP) is 1.90. The zero-order valence-corrected chi connectivity index (χ0v) is 12.7. The highest BCUT2D eigenvalue weighted by molar-refractivity contribution is 5.14. The molecule has 110 valence electrons. The third kappa shape index (κ3) is 3.60. The number of rotatable bonds is 3. The molecule has 3 nitrogen and oxygen atoms in total. The normalized spacial score (nSPS) is 24.1. The van der Waals surface area contributed by atoms with Gasteiger partial charge in [-0.25, -0.2) is 0 Å². The molecule has 0 radical (unpaired) electrons. The first-order valence-corrected chi connectivity index (χ1v) is 8.00. The molecule has 2 aliphatic rings. The summed E-state index contributed by atoms with van der Waals surface area (Å²) in [6.07, 6.45) is 2.69. The molecule has 0 saturated carbocycles. The highest BCUT2D eigenvalue weighted by Gasteiger charge is 2.26. The van der Waals surface area contributed by atoms with Gasteiger partial charge in [-0.2, -0.15) is 0 Å². The summed E-state index contributed by atoms with van der Waals surface area (Å²) in [4.78, 5) is 7.78. The van der Waals surface area contributed by atoms with Crippen LogP contribution in [0.3, 0.4) is 0 Å². The van der Waals surface area contributed by atoms with E-state index in [9.17, 15) is 0 Å². The van der Waals surface area contributed by atoms with Crippen LogP contribution < -0.4 is 0 Å². The summed E-state index contributed by atoms with van der Waals surface area (Å²) in [6.45, 7) is 8.64. The minimum atomic E-state index is 0.829. The van der Waals surface area contributed by atoms with Crippen molar-refractivity contribution in [2.75, 3.05) is 46.3 Å². The molecule has 0 amide bonds. The number of piperazine rings is 1. The molecule has 1 aromatic rings. The summed E-state index contributed by atoms with van der Waals surface area (Å²) in [5.74, 6) is 0. The average molecular weight is 273 g/mol. The SMILES string of the molecule is CN1CCN(C2CCN(Cc3ccccc3)CC2)CC1. The molecule has 20 heavy (non-hydrogen) atoms. The van der Waals surface area contributed by atoms with Crippen molar-refractivity contribution in [1.82, 2.24) is 14.7 Å². The van der Waals surface area contributed by atoms with Gasteiger partial charge in [0.25, 0.3) is 0 Å². The van der Waals surface area contributed by atoms with Crippen molar-refractivity contribution in [1.29, 1.82) is 0 Å². The fourth-order valence-electron chi connectivity index (χ4n) is 3.47. The van der Waals surface area contributed by atoms with Crippen LogP contribution in [0.1, 0.15) is 18.4 Å². The van der Waals surface area contributed by atoms with E-state index in [2.05, 4.69) is 52.1 Å². The molecule has 0 aliphatic carbocycles. The monoisotopic (exact) mass is 273 g/mol. The van der Waals surface area contributed by atoms with E-state index >= 15 is 0 Å². The predicted molar refractivity (Wildman–Crippen MR) is 83.8 cm³/mol. The second-order valence-corrected chi connectivity index (χ2v) is 6.33. The number of hydrogen-bond donors (Lipinski definition) is 0. The third-order valence-corrected chi connectivity index (χ3v) is 4.86. The minimum Gasteiger partial charge on any atom is -0.304 e. The van der Waals surface area contributed by atoms with Gasteiger partial charge in [0.1, 0.15) is 0 Å². The highest BCUT2D eigenvalue weighted by Crippen LogP contribution is 2.19. The summed E-state index contributed by atoms with van der Waals surface area (Å²) >= 11 is 0. The lowest BCUT2D eigenvalue weighted by molar-refractivity contribution is 0.0658. The van der Waals surface area contributed by atoms with Gasteiger partial charge in [0, 0.05) is 38.8 Å². The number of hydrogen-bond acceptors (Lipinski definition) is 3. The van der Waals surface area contributed by atoms with Crippen molar-refractivity contribution >= 4 is 0 Å². The van der Waals surface area contributed by atoms with Gasteiger partial charge in [-0.15, -0.1) is 0 Å². The van der Waals surface area contributed by atoms with Crippen LogP contribution in [0.15, 0.2) is 30.3 Å². The lowest BCUT2D eigenvalue weighted by Gasteiger charge is -2.42. The second kappa shape index (κ2) is 6.70. The number of likely N-dealkylation sites (tertiary alicyclic amines) is 1. The molecule has 3 heteroatoms. The van der Waals surface area contributed by atoms with E-state index in [4.69, 9.17) is 0 Å². The zero-order valence-electron chi connectivity index (χ0n) is 12.7. The van der Waals surface area contributed by atoms with Gasteiger partial charge in [0.2, 0.25) is 0 Å². The van der Waals surface area contributed by atoms with Gasteiger partial charge < -0.3 is 4.90 Å². The van der Waals surface area contributed by atoms with Crippen LogP contribution in [0.2, 0.25) is 0 Å². The zero-order chi connectivity index (χ0) is 13.8. The Morgan fingerprint density at radius 2 is 1.55 bits per heavy atom. The van der Waals surface area contributed by atoms with Crippen LogP contribution in [0.25, 0.3) is 0 Å². The molecule has 2 heterocycles. The van der Waals surface area contributed by atoms with Crippen molar-refractivity contribution in [3.63, 3.8) is 0 Å². The van der Waals surface area contributed by atoms with Gasteiger partial charge in [-0.05, 0) is 38.5 Å². The first kappa shape index (κ1) is 14.1. The van der Waals surface area contributed by atoms with Gasteiger partial charge >= 0.3 is 0 Å². The molecule has 0 bridgehead atoms. The van der Waals surface area contributed by atoms with Crippen molar-refractivity contribution in [3.05, 3.63) is 35.9 Å². The molecule has 2 aliphatic heterocycles. The van der Waals surface area contributed by atoms with Crippen molar-refractivity contribution < 1.29 is 0 Å². The summed E-state index contributed by atoms with van der Waals surface area (Å²) < 4.78 is 0. The first-order valence-electron chi connectivity index (χ1n) is 8.00. The number of likely N-dealkylation sites (N-methyl/N-ethyl adjacent to an activating group) is 1. The van der Waals surface area contributed by atoms with Crippen LogP contribution in [-0.4, -0.2) is 67.1 Å². The topological polar surface area (TPSA) is 9.72 Å². The lowest BCUT2D eigenvalue weighted by atomic mass is 10.0. The third-order valence-electron chi connectivity index (χ3n) is 4.86.